The van der Waals surface area contributed by atoms with Crippen LogP contribution >= 0.6 is 0 Å². The quantitative estimate of drug-likeness (QED) is 0.880. The lowest BCUT2D eigenvalue weighted by Crippen LogP contribution is -2.39. The first kappa shape index (κ1) is 13.1. The molecule has 0 aromatic carbocycles. The third kappa shape index (κ3) is 2.54. The highest BCUT2D eigenvalue weighted by Gasteiger charge is 2.30. The molecule has 2 unspecified atom stereocenters. The molecule has 0 bridgehead atoms. The van der Waals surface area contributed by atoms with Crippen LogP contribution in [0.1, 0.15) is 57.2 Å². The zero-order valence-electron chi connectivity index (χ0n) is 11.9. The van der Waals surface area contributed by atoms with Gasteiger partial charge in [0.1, 0.15) is 5.82 Å². The number of likely N-dealkylation sites (tertiary alicyclic amines) is 1. The number of aliphatic hydroxyl groups is 1. The van der Waals surface area contributed by atoms with Crippen LogP contribution in [-0.2, 0) is 13.0 Å². The Bertz CT molecular complexity index is 443. The van der Waals surface area contributed by atoms with E-state index in [9.17, 15) is 5.11 Å². The lowest BCUT2D eigenvalue weighted by molar-refractivity contribution is 0.104. The van der Waals surface area contributed by atoms with E-state index in [2.05, 4.69) is 23.8 Å². The van der Waals surface area contributed by atoms with Crippen molar-refractivity contribution in [2.45, 2.75) is 70.7 Å². The summed E-state index contributed by atoms with van der Waals surface area (Å²) in [5.74, 6) is 2.02. The normalized spacial score (nSPS) is 28.6. The highest BCUT2D eigenvalue weighted by molar-refractivity contribution is 5.03. The summed E-state index contributed by atoms with van der Waals surface area (Å²) in [7, 11) is 0. The number of piperidine rings is 1. The molecule has 0 spiro atoms. The summed E-state index contributed by atoms with van der Waals surface area (Å²) in [5.41, 5.74) is 0. The second-order valence-electron chi connectivity index (χ2n) is 6.10. The number of fused-ring (bicyclic) bond motifs is 1. The molecule has 0 amide bonds. The average Bonchev–Trinajstić information content (AvgIpc) is 2.81. The monoisotopic (exact) mass is 264 g/mol. The second kappa shape index (κ2) is 5.21. The van der Waals surface area contributed by atoms with Gasteiger partial charge in [-0.1, -0.05) is 6.42 Å². The minimum Gasteiger partial charge on any atom is -0.391 e. The number of hydrogen-bond donors (Lipinski definition) is 1. The van der Waals surface area contributed by atoms with Gasteiger partial charge in [0.15, 0.2) is 5.82 Å². The summed E-state index contributed by atoms with van der Waals surface area (Å²) >= 11 is 0. The third-order valence-electron chi connectivity index (χ3n) is 4.36. The van der Waals surface area contributed by atoms with E-state index < -0.39 is 0 Å². The van der Waals surface area contributed by atoms with E-state index in [1.165, 1.54) is 12.8 Å². The molecule has 5 heteroatoms. The van der Waals surface area contributed by atoms with Crippen molar-refractivity contribution < 1.29 is 5.11 Å². The van der Waals surface area contributed by atoms with E-state index in [4.69, 9.17) is 4.98 Å². The average molecular weight is 264 g/mol. The number of aromatic nitrogens is 3. The zero-order valence-corrected chi connectivity index (χ0v) is 11.9. The Hall–Kier alpha value is -0.940. The van der Waals surface area contributed by atoms with Crippen LogP contribution in [0.5, 0.6) is 0 Å². The predicted molar refractivity (Wildman–Crippen MR) is 72.8 cm³/mol. The Morgan fingerprint density at radius 1 is 1.26 bits per heavy atom. The van der Waals surface area contributed by atoms with Gasteiger partial charge in [-0.3, -0.25) is 4.90 Å². The Morgan fingerprint density at radius 2 is 2.11 bits per heavy atom. The lowest BCUT2D eigenvalue weighted by Gasteiger charge is -2.36. The van der Waals surface area contributed by atoms with Crippen LogP contribution in [0.15, 0.2) is 0 Å². The maximum atomic E-state index is 9.72. The van der Waals surface area contributed by atoms with Crippen molar-refractivity contribution in [1.82, 2.24) is 19.7 Å². The molecule has 1 N–H and O–H groups in total. The van der Waals surface area contributed by atoms with Gasteiger partial charge >= 0.3 is 0 Å². The summed E-state index contributed by atoms with van der Waals surface area (Å²) in [4.78, 5) is 7.26. The van der Waals surface area contributed by atoms with Gasteiger partial charge in [0.2, 0.25) is 0 Å². The molecule has 1 aromatic rings. The molecule has 1 aromatic heterocycles. The van der Waals surface area contributed by atoms with Crippen molar-refractivity contribution in [2.75, 3.05) is 6.54 Å². The van der Waals surface area contributed by atoms with Crippen molar-refractivity contribution in [3.63, 3.8) is 0 Å². The van der Waals surface area contributed by atoms with Crippen LogP contribution in [0.4, 0.5) is 0 Å². The first-order valence-electron chi connectivity index (χ1n) is 7.52. The van der Waals surface area contributed by atoms with E-state index in [1.54, 1.807) is 0 Å². The zero-order chi connectivity index (χ0) is 13.4. The van der Waals surface area contributed by atoms with Gasteiger partial charge in [-0.05, 0) is 39.7 Å². The topological polar surface area (TPSA) is 54.2 Å². The molecule has 1 saturated heterocycles. The fourth-order valence-corrected chi connectivity index (χ4v) is 3.30. The number of nitrogens with zero attached hydrogens (tertiary/aromatic N) is 4. The minimum absolute atomic E-state index is 0.255. The Labute approximate surface area is 114 Å². The van der Waals surface area contributed by atoms with E-state index >= 15 is 0 Å². The second-order valence-corrected chi connectivity index (χ2v) is 6.10. The number of aryl methyl sites for hydroxylation is 1. The summed E-state index contributed by atoms with van der Waals surface area (Å²) in [5, 5.41) is 14.4. The Balaban J connectivity index is 1.84. The van der Waals surface area contributed by atoms with E-state index in [0.29, 0.717) is 18.6 Å². The molecule has 0 aliphatic carbocycles. The fourth-order valence-electron chi connectivity index (χ4n) is 3.30. The fraction of sp³-hybridized carbons (Fsp3) is 0.857. The van der Waals surface area contributed by atoms with Crippen molar-refractivity contribution >= 4 is 0 Å². The van der Waals surface area contributed by atoms with Gasteiger partial charge < -0.3 is 5.11 Å². The highest BCUT2D eigenvalue weighted by atomic mass is 16.3. The molecule has 2 atom stereocenters. The maximum Gasteiger partial charge on any atom is 0.168 e. The Kier molecular flexibility index (Phi) is 3.58. The molecule has 2 aliphatic rings. The molecule has 106 valence electrons. The van der Waals surface area contributed by atoms with Crippen LogP contribution in [-0.4, -0.2) is 43.5 Å². The van der Waals surface area contributed by atoms with Crippen molar-refractivity contribution in [1.29, 1.82) is 0 Å². The highest BCUT2D eigenvalue weighted by Crippen LogP contribution is 2.31. The summed E-state index contributed by atoms with van der Waals surface area (Å²) in [6.07, 6.45) is 5.11. The molecule has 5 nitrogen and oxygen atoms in total. The molecule has 19 heavy (non-hydrogen) atoms. The summed E-state index contributed by atoms with van der Waals surface area (Å²) in [6.45, 7) is 6.25. The van der Waals surface area contributed by atoms with Gasteiger partial charge in [-0.15, -0.1) is 0 Å². The molecule has 0 radical (unpaired) electrons. The standard InChI is InChI=1S/C14H24N4O/c1-10(2)17-8-4-3-5-12(17)14-15-13-7-6-11(19)9-18(13)16-14/h10-12,19H,3-9H2,1-2H3. The SMILES string of the molecule is CC(C)N1CCCCC1c1nc2n(n1)CC(O)CC2. The third-order valence-corrected chi connectivity index (χ3v) is 4.36. The molecule has 2 aliphatic heterocycles. The number of aliphatic hydroxyl groups excluding tert-OH is 1. The van der Waals surface area contributed by atoms with Gasteiger partial charge in [-0.2, -0.15) is 5.10 Å². The van der Waals surface area contributed by atoms with Crippen molar-refractivity contribution in [3.05, 3.63) is 11.6 Å². The molecular formula is C14H24N4O. The summed E-state index contributed by atoms with van der Waals surface area (Å²) < 4.78 is 1.91. The van der Waals surface area contributed by atoms with Crippen LogP contribution in [0.2, 0.25) is 0 Å². The molecule has 3 rings (SSSR count). The first-order chi connectivity index (χ1) is 9.15. The number of hydrogen-bond acceptors (Lipinski definition) is 4. The molecule has 3 heterocycles. The number of rotatable bonds is 2. The van der Waals surface area contributed by atoms with Crippen LogP contribution in [0.3, 0.4) is 0 Å². The van der Waals surface area contributed by atoms with Gasteiger partial charge in [0.05, 0.1) is 18.7 Å². The van der Waals surface area contributed by atoms with Crippen LogP contribution < -0.4 is 0 Å². The maximum absolute atomic E-state index is 9.72. The van der Waals surface area contributed by atoms with Crippen LogP contribution in [0.25, 0.3) is 0 Å². The molecule has 1 fully saturated rings. The lowest BCUT2D eigenvalue weighted by atomic mass is 10.00. The summed E-state index contributed by atoms with van der Waals surface area (Å²) in [6, 6.07) is 0.903. The van der Waals surface area contributed by atoms with Crippen molar-refractivity contribution in [2.24, 2.45) is 0 Å². The predicted octanol–water partition coefficient (Wildman–Crippen LogP) is 1.52. The first-order valence-corrected chi connectivity index (χ1v) is 7.52. The smallest absolute Gasteiger partial charge is 0.168 e. The van der Waals surface area contributed by atoms with Crippen LogP contribution in [0, 0.1) is 0 Å². The van der Waals surface area contributed by atoms with Gasteiger partial charge in [0.25, 0.3) is 0 Å². The van der Waals surface area contributed by atoms with Gasteiger partial charge in [-0.25, -0.2) is 9.67 Å². The van der Waals surface area contributed by atoms with Crippen molar-refractivity contribution in [3.8, 4) is 0 Å². The minimum atomic E-state index is -0.255. The largest absolute Gasteiger partial charge is 0.391 e. The van der Waals surface area contributed by atoms with E-state index in [-0.39, 0.29) is 6.10 Å². The van der Waals surface area contributed by atoms with E-state index in [0.717, 1.165) is 37.5 Å². The van der Waals surface area contributed by atoms with E-state index in [1.807, 2.05) is 4.68 Å². The Morgan fingerprint density at radius 3 is 2.89 bits per heavy atom. The van der Waals surface area contributed by atoms with Gasteiger partial charge in [0, 0.05) is 12.5 Å². The molecule has 0 saturated carbocycles. The molecular weight excluding hydrogens is 240 g/mol.